The molecule has 5 nitrogen and oxygen atoms in total. The van der Waals surface area contributed by atoms with E-state index in [-0.39, 0.29) is 5.69 Å². The third-order valence-electron chi connectivity index (χ3n) is 2.88. The van der Waals surface area contributed by atoms with Gasteiger partial charge in [-0.15, -0.1) is 0 Å². The highest BCUT2D eigenvalue weighted by Crippen LogP contribution is 2.33. The number of hydrogen-bond donors (Lipinski definition) is 1. The van der Waals surface area contributed by atoms with Crippen LogP contribution in [0, 0.1) is 17.0 Å². The minimum Gasteiger partial charge on any atom is -0.366 e. The first kappa shape index (κ1) is 15.8. The second-order valence-corrected chi connectivity index (χ2v) is 5.75. The second-order valence-electron chi connectivity index (χ2n) is 4.63. The van der Waals surface area contributed by atoms with Crippen molar-refractivity contribution in [2.24, 2.45) is 5.73 Å². The summed E-state index contributed by atoms with van der Waals surface area (Å²) < 4.78 is 0. The van der Waals surface area contributed by atoms with Crippen LogP contribution in [0.1, 0.15) is 11.1 Å². The summed E-state index contributed by atoms with van der Waals surface area (Å²) in [7, 11) is 0. The maximum absolute atomic E-state index is 10.9. The van der Waals surface area contributed by atoms with Gasteiger partial charge in [-0.05, 0) is 36.8 Å². The summed E-state index contributed by atoms with van der Waals surface area (Å²) in [6.45, 7) is 2.00. The molecule has 2 aromatic carbocycles. The van der Waals surface area contributed by atoms with Gasteiger partial charge < -0.3 is 5.73 Å². The third-order valence-corrected chi connectivity index (χ3v) is 3.98. The predicted molar refractivity (Wildman–Crippen MR) is 86.6 cm³/mol. The van der Waals surface area contributed by atoms with E-state index in [1.165, 1.54) is 36.0 Å². The molecule has 0 spiro atoms. The van der Waals surface area contributed by atoms with Crippen LogP contribution < -0.4 is 5.73 Å². The number of carbonyl (C=O) groups is 1. The number of amides is 1. The molecule has 0 saturated heterocycles. The molecule has 0 aliphatic carbocycles. The molecule has 0 radical (unpaired) electrons. The molecule has 22 heavy (non-hydrogen) atoms. The average molecular weight is 314 g/mol. The third kappa shape index (κ3) is 4.20. The Morgan fingerprint density at radius 1 is 1.23 bits per heavy atom. The maximum atomic E-state index is 10.9. The molecule has 0 atom stereocenters. The van der Waals surface area contributed by atoms with Crippen molar-refractivity contribution in [1.29, 1.82) is 0 Å². The summed E-state index contributed by atoms with van der Waals surface area (Å²) >= 11 is 1.47. The van der Waals surface area contributed by atoms with Crippen molar-refractivity contribution >= 4 is 29.4 Å². The van der Waals surface area contributed by atoms with E-state index in [9.17, 15) is 14.9 Å². The molecule has 0 aromatic heterocycles. The van der Waals surface area contributed by atoms with Crippen LogP contribution in [0.2, 0.25) is 0 Å². The monoisotopic (exact) mass is 314 g/mol. The van der Waals surface area contributed by atoms with Crippen LogP contribution in [-0.2, 0) is 4.79 Å². The molecule has 2 aromatic rings. The fraction of sp³-hybridized carbons (Fsp3) is 0.0625. The quantitative estimate of drug-likeness (QED) is 0.519. The highest BCUT2D eigenvalue weighted by atomic mass is 32.2. The lowest BCUT2D eigenvalue weighted by atomic mass is 10.2. The van der Waals surface area contributed by atoms with Crippen molar-refractivity contribution in [1.82, 2.24) is 0 Å². The van der Waals surface area contributed by atoms with E-state index in [0.29, 0.717) is 5.56 Å². The lowest BCUT2D eigenvalue weighted by Crippen LogP contribution is -2.05. The van der Waals surface area contributed by atoms with Crippen molar-refractivity contribution < 1.29 is 9.72 Å². The van der Waals surface area contributed by atoms with Crippen LogP contribution in [0.15, 0.2) is 58.3 Å². The van der Waals surface area contributed by atoms with Gasteiger partial charge in [-0.1, -0.05) is 29.5 Å². The van der Waals surface area contributed by atoms with Crippen LogP contribution in [0.5, 0.6) is 0 Å². The number of nitrogens with two attached hydrogens (primary N) is 1. The Morgan fingerprint density at radius 2 is 1.91 bits per heavy atom. The zero-order valence-corrected chi connectivity index (χ0v) is 12.7. The number of hydrogen-bond acceptors (Lipinski definition) is 4. The smallest absolute Gasteiger partial charge is 0.270 e. The topological polar surface area (TPSA) is 86.2 Å². The Bertz CT molecular complexity index is 740. The van der Waals surface area contributed by atoms with Gasteiger partial charge in [-0.2, -0.15) is 0 Å². The minimum atomic E-state index is -0.599. The first-order valence-electron chi connectivity index (χ1n) is 6.46. The van der Waals surface area contributed by atoms with E-state index in [2.05, 4.69) is 0 Å². The van der Waals surface area contributed by atoms with E-state index < -0.39 is 10.8 Å². The molecule has 0 aliphatic rings. The van der Waals surface area contributed by atoms with E-state index in [1.54, 1.807) is 6.07 Å². The number of carbonyl (C=O) groups excluding carboxylic acids is 1. The molecule has 0 unspecified atom stereocenters. The zero-order valence-electron chi connectivity index (χ0n) is 11.9. The molecule has 1 amide bonds. The maximum Gasteiger partial charge on any atom is 0.270 e. The van der Waals surface area contributed by atoms with Gasteiger partial charge in [0.15, 0.2) is 0 Å². The lowest BCUT2D eigenvalue weighted by Gasteiger charge is -2.06. The van der Waals surface area contributed by atoms with Crippen LogP contribution in [0.4, 0.5) is 5.69 Å². The Morgan fingerprint density at radius 3 is 2.50 bits per heavy atom. The van der Waals surface area contributed by atoms with Gasteiger partial charge in [0.1, 0.15) is 0 Å². The zero-order chi connectivity index (χ0) is 16.1. The number of nitro benzene ring substituents is 1. The summed E-state index contributed by atoms with van der Waals surface area (Å²) in [6.07, 6.45) is 2.68. The molecule has 0 fully saturated rings. The average Bonchev–Trinajstić information content (AvgIpc) is 2.48. The van der Waals surface area contributed by atoms with Gasteiger partial charge in [0.25, 0.3) is 5.69 Å². The number of benzene rings is 2. The van der Waals surface area contributed by atoms with Crippen molar-refractivity contribution in [3.8, 4) is 0 Å². The Labute approximate surface area is 132 Å². The standard InChI is InChI=1S/C16H14N2O3S/c1-11-2-6-14(7-3-11)22-15-8-5-13(18(20)21)10-12(15)4-9-16(17)19/h2-10H,1H3,(H2,17,19)/b9-4+. The van der Waals surface area contributed by atoms with E-state index in [4.69, 9.17) is 5.73 Å². The van der Waals surface area contributed by atoms with E-state index in [0.717, 1.165) is 15.4 Å². The fourth-order valence-electron chi connectivity index (χ4n) is 1.78. The molecular weight excluding hydrogens is 300 g/mol. The number of rotatable bonds is 5. The van der Waals surface area contributed by atoms with Crippen molar-refractivity contribution in [3.63, 3.8) is 0 Å². The second kappa shape index (κ2) is 6.91. The van der Waals surface area contributed by atoms with Crippen LogP contribution in [-0.4, -0.2) is 10.8 Å². The lowest BCUT2D eigenvalue weighted by molar-refractivity contribution is -0.384. The highest BCUT2D eigenvalue weighted by Gasteiger charge is 2.10. The van der Waals surface area contributed by atoms with Gasteiger partial charge in [0.2, 0.25) is 5.91 Å². The SMILES string of the molecule is Cc1ccc(Sc2ccc([N+](=O)[O-])cc2/C=C/C(N)=O)cc1. The summed E-state index contributed by atoms with van der Waals surface area (Å²) in [6, 6.07) is 12.5. The van der Waals surface area contributed by atoms with E-state index >= 15 is 0 Å². The summed E-state index contributed by atoms with van der Waals surface area (Å²) in [5.41, 5.74) is 6.80. The highest BCUT2D eigenvalue weighted by molar-refractivity contribution is 7.99. The predicted octanol–water partition coefficient (Wildman–Crippen LogP) is 3.55. The number of primary amides is 1. The van der Waals surface area contributed by atoms with Gasteiger partial charge in [-0.3, -0.25) is 14.9 Å². The van der Waals surface area contributed by atoms with Gasteiger partial charge >= 0.3 is 0 Å². The normalized spacial score (nSPS) is 10.8. The van der Waals surface area contributed by atoms with Gasteiger partial charge in [-0.25, -0.2) is 0 Å². The molecule has 0 aliphatic heterocycles. The molecule has 2 N–H and O–H groups in total. The van der Waals surface area contributed by atoms with Gasteiger partial charge in [0, 0.05) is 28.0 Å². The van der Waals surface area contributed by atoms with Crippen molar-refractivity contribution in [2.45, 2.75) is 16.7 Å². The molecule has 112 valence electrons. The van der Waals surface area contributed by atoms with Crippen molar-refractivity contribution in [3.05, 3.63) is 69.8 Å². The van der Waals surface area contributed by atoms with Gasteiger partial charge in [0.05, 0.1) is 4.92 Å². The number of nitro groups is 1. The molecule has 2 rings (SSSR count). The molecule has 0 bridgehead atoms. The van der Waals surface area contributed by atoms with Crippen LogP contribution >= 0.6 is 11.8 Å². The van der Waals surface area contributed by atoms with Crippen molar-refractivity contribution in [2.75, 3.05) is 0 Å². The Kier molecular flexibility index (Phi) is 4.95. The van der Waals surface area contributed by atoms with Crippen LogP contribution in [0.3, 0.4) is 0 Å². The minimum absolute atomic E-state index is 0.0302. The fourth-order valence-corrected chi connectivity index (χ4v) is 2.68. The largest absolute Gasteiger partial charge is 0.366 e. The Hall–Kier alpha value is -2.60. The number of aryl methyl sites for hydroxylation is 1. The number of nitrogens with zero attached hydrogens (tertiary/aromatic N) is 1. The first-order chi connectivity index (χ1) is 10.5. The Balaban J connectivity index is 2.38. The molecular formula is C16H14N2O3S. The summed E-state index contributed by atoms with van der Waals surface area (Å²) in [5.74, 6) is -0.599. The summed E-state index contributed by atoms with van der Waals surface area (Å²) in [5, 5.41) is 10.9. The summed E-state index contributed by atoms with van der Waals surface area (Å²) in [4.78, 5) is 23.1. The van der Waals surface area contributed by atoms with E-state index in [1.807, 2.05) is 31.2 Å². The van der Waals surface area contributed by atoms with Crippen LogP contribution in [0.25, 0.3) is 6.08 Å². The first-order valence-corrected chi connectivity index (χ1v) is 7.28. The molecule has 0 heterocycles. The molecule has 0 saturated carbocycles. The number of non-ortho nitro benzene ring substituents is 1. The molecule has 6 heteroatoms.